The number of rotatable bonds is 15. The number of hydrogen-bond donors (Lipinski definition) is 0. The predicted octanol–water partition coefficient (Wildman–Crippen LogP) is 13.4. The van der Waals surface area contributed by atoms with E-state index in [-0.39, 0.29) is 49.6 Å². The van der Waals surface area contributed by atoms with Crippen molar-refractivity contribution in [1.82, 2.24) is 0 Å². The number of carbonyl (C=O) groups excluding carboxylic acids is 1. The van der Waals surface area contributed by atoms with Crippen LogP contribution in [0.15, 0.2) is 182 Å². The molecule has 0 aliphatic carbocycles. The van der Waals surface area contributed by atoms with E-state index in [1.54, 1.807) is 0 Å². The van der Waals surface area contributed by atoms with Gasteiger partial charge in [0.15, 0.2) is 0 Å². The van der Waals surface area contributed by atoms with Gasteiger partial charge in [0, 0.05) is 24.2 Å². The van der Waals surface area contributed by atoms with E-state index in [0.29, 0.717) is 0 Å². The minimum absolute atomic E-state index is 0. The van der Waals surface area contributed by atoms with Crippen molar-refractivity contribution in [2.75, 3.05) is 18.5 Å². The average molecular weight is 1080 g/mol. The van der Waals surface area contributed by atoms with Crippen LogP contribution < -0.4 is 31.8 Å². The Hall–Kier alpha value is -2.42. The monoisotopic (exact) mass is 1080 g/mol. The van der Waals surface area contributed by atoms with Gasteiger partial charge in [0.2, 0.25) is 0 Å². The zero-order valence-corrected chi connectivity index (χ0v) is 45.7. The topological polar surface area (TPSA) is 17.1 Å². The van der Waals surface area contributed by atoms with Crippen LogP contribution in [-0.4, -0.2) is 49.5 Å². The van der Waals surface area contributed by atoms with Gasteiger partial charge < -0.3 is 5.71 Å². The van der Waals surface area contributed by atoms with Gasteiger partial charge in [-0.25, -0.2) is 0 Å². The molecule has 8 heteroatoms. The van der Waals surface area contributed by atoms with Crippen LogP contribution >= 0.6 is 23.8 Å². The van der Waals surface area contributed by atoms with Crippen LogP contribution in [0.3, 0.4) is 0 Å². The summed E-state index contributed by atoms with van der Waals surface area (Å²) in [5, 5.41) is 9.09. The second kappa shape index (κ2) is 28.3. The van der Waals surface area contributed by atoms with Crippen molar-refractivity contribution >= 4 is 86.6 Å². The Morgan fingerprint density at radius 1 is 0.317 bits per heavy atom. The number of benzene rings is 6. The molecule has 3 radical (unpaired) electrons. The Bertz CT molecular complexity index is 1630. The van der Waals surface area contributed by atoms with Crippen LogP contribution in [0.1, 0.15) is 5.71 Å². The van der Waals surface area contributed by atoms with Gasteiger partial charge in [-0.1, -0.05) is 259 Å². The summed E-state index contributed by atoms with van der Waals surface area (Å²) in [6.45, 7) is 26.7. The van der Waals surface area contributed by atoms with Crippen LogP contribution in [0.25, 0.3) is 0 Å². The Labute approximate surface area is 392 Å². The normalized spacial score (nSPS) is 11.3. The molecule has 323 valence electrons. The van der Waals surface area contributed by atoms with Crippen LogP contribution in [-0.2, 0) is 24.9 Å². The molecule has 0 spiro atoms. The van der Waals surface area contributed by atoms with E-state index in [1.165, 1.54) is 68.4 Å². The summed E-state index contributed by atoms with van der Waals surface area (Å²) >= 11 is 0. The first kappa shape index (κ1) is 53.7. The molecule has 0 unspecified atom stereocenters. The van der Waals surface area contributed by atoms with E-state index in [2.05, 4.69) is 248 Å². The second-order valence-corrected chi connectivity index (χ2v) is 42.3. The molecule has 0 fully saturated rings. The van der Waals surface area contributed by atoms with Gasteiger partial charge in [0.25, 0.3) is 6.79 Å². The summed E-state index contributed by atoms with van der Waals surface area (Å²) in [7, 11) is -3.45. The van der Waals surface area contributed by atoms with Gasteiger partial charge in [-0.2, -0.15) is 0 Å². The van der Waals surface area contributed by atoms with E-state index in [4.69, 9.17) is 4.79 Å². The zero-order valence-electron chi connectivity index (χ0n) is 41.6. The third-order valence-corrected chi connectivity index (χ3v) is 23.7. The van der Waals surface area contributed by atoms with Crippen molar-refractivity contribution in [3.05, 3.63) is 182 Å². The smallest absolute Gasteiger partial charge is 1.00 e. The van der Waals surface area contributed by atoms with E-state index in [1.807, 2.05) is 0 Å². The van der Waals surface area contributed by atoms with E-state index >= 15 is 0 Å². The summed E-state index contributed by atoms with van der Waals surface area (Å²) in [4.78, 5) is 7.50. The van der Waals surface area contributed by atoms with E-state index < -0.39 is 24.2 Å². The first-order valence-electron chi connectivity index (χ1n) is 21.0. The van der Waals surface area contributed by atoms with Crippen LogP contribution in [0.2, 0.25) is 77.1 Å². The Kier molecular flexibility index (Phi) is 25.3. The molecule has 0 aliphatic rings. The largest absolute Gasteiger partial charge is 4.00 e. The minimum atomic E-state index is -0.970. The molecule has 0 atom stereocenters. The van der Waals surface area contributed by atoms with Crippen LogP contribution in [0.5, 0.6) is 0 Å². The fourth-order valence-corrected chi connectivity index (χ4v) is 22.6. The van der Waals surface area contributed by atoms with Gasteiger partial charge in [-0.15, -0.1) is 0 Å². The quantitative estimate of drug-likeness (QED) is 0.0740. The molecule has 6 aromatic rings. The fraction of sp³-hybridized carbons (Fsp3) is 0.288. The molecule has 0 amide bonds. The molecular weight excluding hydrogens is 1010 g/mol. The third-order valence-electron chi connectivity index (χ3n) is 9.66. The molecule has 0 aliphatic heterocycles. The van der Waals surface area contributed by atoms with Crippen molar-refractivity contribution in [2.24, 2.45) is 0 Å². The molecule has 0 heterocycles. The maximum absolute atomic E-state index is 7.50. The second-order valence-electron chi connectivity index (χ2n) is 18.4. The van der Waals surface area contributed by atoms with Gasteiger partial charge in [-0.05, 0) is 74.1 Å². The van der Waals surface area contributed by atoms with E-state index in [9.17, 15) is 0 Å². The maximum Gasteiger partial charge on any atom is 4.00 e. The van der Waals surface area contributed by atoms with Gasteiger partial charge in [0.1, 0.15) is 0 Å². The summed E-state index contributed by atoms with van der Waals surface area (Å²) in [5.74, 6) is 0. The van der Waals surface area contributed by atoms with Gasteiger partial charge in [0.05, 0.1) is 0 Å². The summed E-state index contributed by atoms with van der Waals surface area (Å²) in [6.07, 6.45) is 4.00. The van der Waals surface area contributed by atoms with Crippen molar-refractivity contribution in [3.63, 3.8) is 0 Å². The van der Waals surface area contributed by atoms with Crippen molar-refractivity contribution in [2.45, 2.75) is 77.1 Å². The summed E-state index contributed by atoms with van der Waals surface area (Å²) in [5.41, 5.74) is 0. The molecule has 6 aromatic carbocycles. The molecule has 6 rings (SSSR count). The van der Waals surface area contributed by atoms with Gasteiger partial charge >= 0.3 is 20.1 Å². The molecule has 60 heavy (non-hydrogen) atoms. The number of hydrogen-bond acceptors (Lipinski definition) is 1. The molecule has 0 bridgehead atoms. The third kappa shape index (κ3) is 21.6. The first-order chi connectivity index (χ1) is 28.2. The molecule has 0 N–H and O–H groups in total. The molecule has 0 saturated heterocycles. The SMILES string of the molecule is C[Si](C)(C)CCP(c1ccccc1)c1ccccc1.C[Si](C)(C)CCP(c1ccccc1)c1ccccc1.C[Si](C)(C)CCP(c1ccccc1)c1ccccc1.[C]=O.[H-].[H-].[H-].[H-].[Ir+4]. The zero-order chi connectivity index (χ0) is 43.2. The van der Waals surface area contributed by atoms with Crippen molar-refractivity contribution < 1.29 is 30.6 Å². The predicted molar refractivity (Wildman–Crippen MR) is 286 cm³/mol. The Morgan fingerprint density at radius 2 is 0.450 bits per heavy atom. The summed E-state index contributed by atoms with van der Waals surface area (Å²) in [6, 6.07) is 70.4. The standard InChI is InChI=1S/3C17H23PSi.CO.Ir.4H/c3*1-19(2,3)15-14-18(16-10-6-4-7-11-16)17-12-8-5-9-13-17;1-2;;;;;/h3*4-13H,14-15H2,1-3H3;;;;;;/q;;;;+4;4*-1. The Balaban J connectivity index is -0.000000823. The first-order valence-corrected chi connectivity index (χ1v) is 36.7. The minimum Gasteiger partial charge on any atom is -1.00 e. The van der Waals surface area contributed by atoms with Crippen molar-refractivity contribution in [1.29, 1.82) is 0 Å². The maximum atomic E-state index is 7.50. The van der Waals surface area contributed by atoms with Gasteiger partial charge in [-0.3, -0.25) is 4.79 Å². The van der Waals surface area contributed by atoms with E-state index in [0.717, 1.165) is 0 Å². The average Bonchev–Trinajstić information content (AvgIpc) is 3.23. The van der Waals surface area contributed by atoms with Crippen LogP contribution in [0, 0.1) is 0 Å². The molecular formula is C52H73IrOP3Si3. The molecule has 0 saturated carbocycles. The fourth-order valence-electron chi connectivity index (χ4n) is 6.21. The molecule has 1 nitrogen and oxygen atoms in total. The van der Waals surface area contributed by atoms with Crippen LogP contribution in [0.4, 0.5) is 0 Å². The van der Waals surface area contributed by atoms with Crippen molar-refractivity contribution in [3.8, 4) is 0 Å². The Morgan fingerprint density at radius 3 is 0.567 bits per heavy atom. The summed E-state index contributed by atoms with van der Waals surface area (Å²) < 4.78 is 0. The molecule has 0 aromatic heterocycles.